The molecule has 1 heterocycles. The fraction of sp³-hybridized carbons (Fsp3) is 0.0690. The highest BCUT2D eigenvalue weighted by atomic mass is 16.5. The van der Waals surface area contributed by atoms with Gasteiger partial charge in [-0.15, -0.1) is 0 Å². The van der Waals surface area contributed by atoms with Crippen molar-refractivity contribution < 1.29 is 14.0 Å². The van der Waals surface area contributed by atoms with Crippen molar-refractivity contribution in [2.24, 2.45) is 0 Å². The summed E-state index contributed by atoms with van der Waals surface area (Å²) in [5.41, 5.74) is 4.71. The number of hydrogen-bond donors (Lipinski definition) is 0. The van der Waals surface area contributed by atoms with Crippen LogP contribution in [0.5, 0.6) is 11.5 Å². The first-order valence-electron chi connectivity index (χ1n) is 10.7. The molecule has 0 spiro atoms. The number of benzene rings is 4. The van der Waals surface area contributed by atoms with Crippen LogP contribution in [0, 0.1) is 0 Å². The number of rotatable bonds is 6. The fourth-order valence-electron chi connectivity index (χ4n) is 3.93. The molecule has 0 saturated heterocycles. The van der Waals surface area contributed by atoms with Gasteiger partial charge in [0.2, 0.25) is 0 Å². The number of nitrogens with zero attached hydrogens (tertiary/aromatic N) is 1. The summed E-state index contributed by atoms with van der Waals surface area (Å²) >= 11 is 0. The van der Waals surface area contributed by atoms with Gasteiger partial charge in [-0.25, -0.2) is 0 Å². The monoisotopic (exact) mass is 433 g/mol. The van der Waals surface area contributed by atoms with E-state index in [2.05, 4.69) is 59.8 Å². The van der Waals surface area contributed by atoms with E-state index in [4.69, 9.17) is 14.0 Å². The van der Waals surface area contributed by atoms with Gasteiger partial charge in [0.1, 0.15) is 17.2 Å². The number of hydrogen-bond acceptors (Lipinski definition) is 4. The van der Waals surface area contributed by atoms with Gasteiger partial charge in [-0.05, 0) is 70.9 Å². The lowest BCUT2D eigenvalue weighted by Gasteiger charge is -2.05. The Morgan fingerprint density at radius 2 is 1.30 bits per heavy atom. The van der Waals surface area contributed by atoms with Crippen molar-refractivity contribution in [2.75, 3.05) is 14.2 Å². The van der Waals surface area contributed by atoms with Crippen LogP contribution >= 0.6 is 0 Å². The van der Waals surface area contributed by atoms with Crippen LogP contribution in [0.3, 0.4) is 0 Å². The molecule has 0 atom stereocenters. The first-order valence-corrected chi connectivity index (χ1v) is 10.7. The van der Waals surface area contributed by atoms with Crippen LogP contribution in [0.2, 0.25) is 0 Å². The highest BCUT2D eigenvalue weighted by Crippen LogP contribution is 2.35. The van der Waals surface area contributed by atoms with Crippen LogP contribution in [0.4, 0.5) is 0 Å². The first kappa shape index (κ1) is 20.6. The predicted molar refractivity (Wildman–Crippen MR) is 133 cm³/mol. The quantitative estimate of drug-likeness (QED) is 0.281. The van der Waals surface area contributed by atoms with E-state index in [1.54, 1.807) is 14.2 Å². The number of methoxy groups -OCH3 is 2. The highest BCUT2D eigenvalue weighted by Gasteiger charge is 2.17. The number of ether oxygens (including phenoxy) is 2. The summed E-state index contributed by atoms with van der Waals surface area (Å²) in [5, 5.41) is 6.84. The zero-order valence-corrected chi connectivity index (χ0v) is 18.5. The molecule has 0 N–H and O–H groups in total. The second kappa shape index (κ2) is 9.05. The van der Waals surface area contributed by atoms with Gasteiger partial charge in [0.25, 0.3) is 0 Å². The minimum Gasteiger partial charge on any atom is -0.497 e. The minimum atomic E-state index is 0.708. The average Bonchev–Trinajstić information content (AvgIpc) is 3.31. The van der Waals surface area contributed by atoms with Crippen LogP contribution in [-0.2, 0) is 0 Å². The molecular formula is C29H23NO3. The van der Waals surface area contributed by atoms with E-state index < -0.39 is 0 Å². The molecule has 162 valence electrons. The maximum absolute atomic E-state index is 5.87. The Morgan fingerprint density at radius 1 is 0.667 bits per heavy atom. The SMILES string of the molecule is COc1ccc(-c2noc(-c3ccc(OC)cc3)c2/C=C/c2cccc3ccccc23)cc1. The molecule has 0 amide bonds. The third-order valence-electron chi connectivity index (χ3n) is 5.70. The van der Waals surface area contributed by atoms with E-state index in [1.165, 1.54) is 10.8 Å². The third-order valence-corrected chi connectivity index (χ3v) is 5.70. The molecule has 0 radical (unpaired) electrons. The molecule has 0 aliphatic rings. The van der Waals surface area contributed by atoms with Gasteiger partial charge in [0.05, 0.1) is 19.8 Å². The average molecular weight is 434 g/mol. The second-order valence-electron chi connectivity index (χ2n) is 7.63. The molecule has 0 aliphatic carbocycles. The molecule has 0 bridgehead atoms. The van der Waals surface area contributed by atoms with Crippen LogP contribution < -0.4 is 9.47 Å². The zero-order chi connectivity index (χ0) is 22.6. The molecule has 0 fully saturated rings. The lowest BCUT2D eigenvalue weighted by atomic mass is 9.99. The summed E-state index contributed by atoms with van der Waals surface area (Å²) in [6.07, 6.45) is 4.20. The molecule has 1 aromatic heterocycles. The highest BCUT2D eigenvalue weighted by molar-refractivity contribution is 5.95. The topological polar surface area (TPSA) is 44.5 Å². The predicted octanol–water partition coefficient (Wildman–Crippen LogP) is 7.35. The molecule has 4 heteroatoms. The summed E-state index contributed by atoms with van der Waals surface area (Å²) in [5.74, 6) is 2.30. The Bertz CT molecular complexity index is 1340. The van der Waals surface area contributed by atoms with Crippen LogP contribution in [0.1, 0.15) is 11.1 Å². The van der Waals surface area contributed by atoms with Gasteiger partial charge in [-0.3, -0.25) is 0 Å². The Labute approximate surface area is 192 Å². The summed E-state index contributed by atoms with van der Waals surface area (Å²) in [6.45, 7) is 0. The summed E-state index contributed by atoms with van der Waals surface area (Å²) in [6, 6.07) is 30.3. The smallest absolute Gasteiger partial charge is 0.174 e. The van der Waals surface area contributed by atoms with Gasteiger partial charge in [0, 0.05) is 11.1 Å². The van der Waals surface area contributed by atoms with E-state index in [-0.39, 0.29) is 0 Å². The summed E-state index contributed by atoms with van der Waals surface area (Å²) < 4.78 is 16.5. The van der Waals surface area contributed by atoms with Gasteiger partial charge in [-0.1, -0.05) is 53.7 Å². The van der Waals surface area contributed by atoms with Crippen molar-refractivity contribution in [3.8, 4) is 34.1 Å². The van der Waals surface area contributed by atoms with E-state index in [0.29, 0.717) is 5.76 Å². The van der Waals surface area contributed by atoms with Crippen molar-refractivity contribution in [3.63, 3.8) is 0 Å². The van der Waals surface area contributed by atoms with E-state index in [0.717, 1.165) is 39.4 Å². The standard InChI is InChI=1S/C29H23NO3/c1-31-24-15-10-22(11-16-24)28-27(29(33-30-28)23-12-17-25(32-2)18-13-23)19-14-21-8-5-7-20-6-3-4-9-26(20)21/h3-19H,1-2H3/b19-14+. The van der Waals surface area contributed by atoms with E-state index >= 15 is 0 Å². The van der Waals surface area contributed by atoms with E-state index in [9.17, 15) is 0 Å². The van der Waals surface area contributed by atoms with E-state index in [1.807, 2.05) is 48.5 Å². The number of fused-ring (bicyclic) bond motifs is 1. The van der Waals surface area contributed by atoms with Crippen LogP contribution in [0.15, 0.2) is 95.5 Å². The second-order valence-corrected chi connectivity index (χ2v) is 7.63. The van der Waals surface area contributed by atoms with Gasteiger partial charge < -0.3 is 14.0 Å². The molecule has 0 unspecified atom stereocenters. The summed E-state index contributed by atoms with van der Waals surface area (Å²) in [7, 11) is 3.31. The van der Waals surface area contributed by atoms with Crippen LogP contribution in [-0.4, -0.2) is 19.4 Å². The van der Waals surface area contributed by atoms with Gasteiger partial charge in [0.15, 0.2) is 5.76 Å². The van der Waals surface area contributed by atoms with Crippen molar-refractivity contribution in [1.29, 1.82) is 0 Å². The van der Waals surface area contributed by atoms with Crippen LogP contribution in [0.25, 0.3) is 45.5 Å². The molecule has 33 heavy (non-hydrogen) atoms. The Kier molecular flexibility index (Phi) is 5.64. The molecule has 0 saturated carbocycles. The normalized spacial score (nSPS) is 11.2. The minimum absolute atomic E-state index is 0.708. The molecule has 4 nitrogen and oxygen atoms in total. The van der Waals surface area contributed by atoms with Crippen molar-refractivity contribution in [1.82, 2.24) is 5.16 Å². The molecule has 5 rings (SSSR count). The van der Waals surface area contributed by atoms with Gasteiger partial charge >= 0.3 is 0 Å². The Hall–Kier alpha value is -4.31. The summed E-state index contributed by atoms with van der Waals surface area (Å²) in [4.78, 5) is 0. The van der Waals surface area contributed by atoms with Crippen molar-refractivity contribution in [2.45, 2.75) is 0 Å². The Morgan fingerprint density at radius 3 is 2.00 bits per heavy atom. The van der Waals surface area contributed by atoms with Gasteiger partial charge in [-0.2, -0.15) is 0 Å². The Balaban J connectivity index is 1.63. The largest absolute Gasteiger partial charge is 0.497 e. The maximum atomic E-state index is 5.87. The fourth-order valence-corrected chi connectivity index (χ4v) is 3.93. The zero-order valence-electron chi connectivity index (χ0n) is 18.5. The first-order chi connectivity index (χ1) is 16.3. The van der Waals surface area contributed by atoms with Crippen molar-refractivity contribution in [3.05, 3.63) is 102 Å². The molecule has 5 aromatic rings. The molecule has 0 aliphatic heterocycles. The van der Waals surface area contributed by atoms with Crippen molar-refractivity contribution >= 4 is 22.9 Å². The lowest BCUT2D eigenvalue weighted by Crippen LogP contribution is -1.86. The third kappa shape index (κ3) is 4.11. The molecule has 4 aromatic carbocycles. The molecular weight excluding hydrogens is 410 g/mol. The number of aromatic nitrogens is 1. The maximum Gasteiger partial charge on any atom is 0.174 e. The lowest BCUT2D eigenvalue weighted by molar-refractivity contribution is 0.414.